The topological polar surface area (TPSA) is 73.8 Å². The van der Waals surface area contributed by atoms with Gasteiger partial charge in [-0.05, 0) is 49.6 Å². The third-order valence-electron chi connectivity index (χ3n) is 5.42. The number of hydrogen-bond acceptors (Lipinski definition) is 5. The van der Waals surface area contributed by atoms with Crippen LogP contribution in [-0.4, -0.2) is 41.1 Å². The first-order valence-electron chi connectivity index (χ1n) is 9.45. The average molecular weight is 367 g/mol. The van der Waals surface area contributed by atoms with Crippen molar-refractivity contribution in [1.82, 2.24) is 4.90 Å². The molecule has 0 radical (unpaired) electrons. The van der Waals surface area contributed by atoms with Crippen LogP contribution >= 0.6 is 0 Å². The summed E-state index contributed by atoms with van der Waals surface area (Å²) in [5, 5.41) is 16.4. The lowest BCUT2D eigenvalue weighted by atomic mass is 9.84. The highest BCUT2D eigenvalue weighted by atomic mass is 16.5. The van der Waals surface area contributed by atoms with Crippen LogP contribution < -0.4 is 15.4 Å². The van der Waals surface area contributed by atoms with Gasteiger partial charge in [0.25, 0.3) is 0 Å². The van der Waals surface area contributed by atoms with Gasteiger partial charge in [0.05, 0.1) is 18.0 Å². The minimum atomic E-state index is -0.531. The van der Waals surface area contributed by atoms with E-state index in [0.717, 1.165) is 49.4 Å². The molecule has 1 saturated heterocycles. The lowest BCUT2D eigenvalue weighted by molar-refractivity contribution is -0.122. The molecule has 4 rings (SSSR count). The molecule has 0 unspecified atom stereocenters. The first-order valence-corrected chi connectivity index (χ1v) is 9.45. The standard InChI is InChI=1S/C21H25N3O3/c1-2-27-19-13-15(7-8-18(19)25)14-24-11-9-21(10-12-24)20(26)22-16-5-3-4-6-17(16)23-21/h3-8,13,23,25H,2,9-12,14H2,1H3,(H,22,26). The number of aromatic hydroxyl groups is 1. The number of carbonyl (C=O) groups excluding carboxylic acids is 1. The average Bonchev–Trinajstić information content (AvgIpc) is 2.67. The van der Waals surface area contributed by atoms with E-state index in [1.165, 1.54) is 0 Å². The van der Waals surface area contributed by atoms with E-state index in [1.54, 1.807) is 6.07 Å². The SMILES string of the molecule is CCOc1cc(CN2CCC3(CC2)Nc2ccccc2NC3=O)ccc1O. The molecule has 142 valence electrons. The number of phenols is 1. The summed E-state index contributed by atoms with van der Waals surface area (Å²) in [5.74, 6) is 0.748. The van der Waals surface area contributed by atoms with Crippen LogP contribution in [-0.2, 0) is 11.3 Å². The second kappa shape index (κ2) is 7.12. The quantitative estimate of drug-likeness (QED) is 0.774. The highest BCUT2D eigenvalue weighted by Crippen LogP contribution is 2.36. The summed E-state index contributed by atoms with van der Waals surface area (Å²) in [6.45, 7) is 4.84. The molecule has 2 aromatic rings. The van der Waals surface area contributed by atoms with E-state index in [2.05, 4.69) is 15.5 Å². The molecule has 27 heavy (non-hydrogen) atoms. The predicted octanol–water partition coefficient (Wildman–Crippen LogP) is 3.19. The van der Waals surface area contributed by atoms with Crippen molar-refractivity contribution in [3.63, 3.8) is 0 Å². The molecule has 2 aliphatic heterocycles. The van der Waals surface area contributed by atoms with Gasteiger partial charge < -0.3 is 20.5 Å². The van der Waals surface area contributed by atoms with Gasteiger partial charge in [-0.25, -0.2) is 0 Å². The molecule has 2 heterocycles. The molecule has 0 aliphatic carbocycles. The van der Waals surface area contributed by atoms with Crippen LogP contribution in [0, 0.1) is 0 Å². The van der Waals surface area contributed by atoms with E-state index < -0.39 is 5.54 Å². The molecule has 2 aromatic carbocycles. The largest absolute Gasteiger partial charge is 0.504 e. The number of carbonyl (C=O) groups is 1. The molecule has 0 aromatic heterocycles. The van der Waals surface area contributed by atoms with Crippen LogP contribution in [0.5, 0.6) is 11.5 Å². The van der Waals surface area contributed by atoms with E-state index in [9.17, 15) is 9.90 Å². The molecule has 6 heteroatoms. The highest BCUT2D eigenvalue weighted by Gasteiger charge is 2.44. The van der Waals surface area contributed by atoms with Crippen LogP contribution in [0.4, 0.5) is 11.4 Å². The van der Waals surface area contributed by atoms with Gasteiger partial charge in [-0.2, -0.15) is 0 Å². The Morgan fingerprint density at radius 3 is 2.63 bits per heavy atom. The number of likely N-dealkylation sites (tertiary alicyclic amines) is 1. The van der Waals surface area contributed by atoms with Gasteiger partial charge in [0.15, 0.2) is 11.5 Å². The van der Waals surface area contributed by atoms with Crippen LogP contribution in [0.1, 0.15) is 25.3 Å². The molecule has 0 saturated carbocycles. The fraction of sp³-hybridized carbons (Fsp3) is 0.381. The van der Waals surface area contributed by atoms with Gasteiger partial charge in [0.1, 0.15) is 5.54 Å². The predicted molar refractivity (Wildman–Crippen MR) is 105 cm³/mol. The lowest BCUT2D eigenvalue weighted by Crippen LogP contribution is -2.58. The maximum Gasteiger partial charge on any atom is 0.250 e. The fourth-order valence-electron chi connectivity index (χ4n) is 3.89. The zero-order valence-corrected chi connectivity index (χ0v) is 15.5. The van der Waals surface area contributed by atoms with Crippen molar-refractivity contribution in [2.75, 3.05) is 30.3 Å². The highest BCUT2D eigenvalue weighted by molar-refractivity contribution is 6.06. The Kier molecular flexibility index (Phi) is 4.66. The van der Waals surface area contributed by atoms with Crippen molar-refractivity contribution in [3.05, 3.63) is 48.0 Å². The smallest absolute Gasteiger partial charge is 0.250 e. The van der Waals surface area contributed by atoms with Gasteiger partial charge >= 0.3 is 0 Å². The van der Waals surface area contributed by atoms with Gasteiger partial charge in [0.2, 0.25) is 5.91 Å². The van der Waals surface area contributed by atoms with Crippen molar-refractivity contribution in [2.45, 2.75) is 31.8 Å². The summed E-state index contributed by atoms with van der Waals surface area (Å²) in [5.41, 5.74) is 2.41. The maximum absolute atomic E-state index is 12.7. The number of phenolic OH excluding ortho intramolecular Hbond substituents is 1. The van der Waals surface area contributed by atoms with Crippen molar-refractivity contribution in [1.29, 1.82) is 0 Å². The number of amides is 1. The molecule has 6 nitrogen and oxygen atoms in total. The van der Waals surface area contributed by atoms with E-state index >= 15 is 0 Å². The Labute approximate surface area is 159 Å². The second-order valence-corrected chi connectivity index (χ2v) is 7.22. The van der Waals surface area contributed by atoms with Crippen LogP contribution in [0.15, 0.2) is 42.5 Å². The van der Waals surface area contributed by atoms with Crippen LogP contribution in [0.25, 0.3) is 0 Å². The number of rotatable bonds is 4. The summed E-state index contributed by atoms with van der Waals surface area (Å²) in [4.78, 5) is 15.1. The Bertz CT molecular complexity index is 844. The van der Waals surface area contributed by atoms with Crippen LogP contribution in [0.2, 0.25) is 0 Å². The van der Waals surface area contributed by atoms with E-state index in [4.69, 9.17) is 4.74 Å². The number of anilines is 2. The van der Waals surface area contributed by atoms with E-state index in [0.29, 0.717) is 12.4 Å². The molecular formula is C21H25N3O3. The first kappa shape index (κ1) is 17.7. The number of benzene rings is 2. The van der Waals surface area contributed by atoms with Gasteiger partial charge in [0, 0.05) is 19.6 Å². The fourth-order valence-corrected chi connectivity index (χ4v) is 3.89. The molecule has 1 amide bonds. The maximum atomic E-state index is 12.7. The first-order chi connectivity index (χ1) is 13.1. The number of para-hydroxylation sites is 2. The monoisotopic (exact) mass is 367 g/mol. The van der Waals surface area contributed by atoms with Gasteiger partial charge in [-0.3, -0.25) is 9.69 Å². The van der Waals surface area contributed by atoms with Gasteiger partial charge in [-0.1, -0.05) is 18.2 Å². The number of ether oxygens (including phenoxy) is 1. The van der Waals surface area contributed by atoms with Crippen molar-refractivity contribution < 1.29 is 14.6 Å². The Balaban J connectivity index is 1.42. The number of hydrogen-bond donors (Lipinski definition) is 3. The second-order valence-electron chi connectivity index (χ2n) is 7.22. The Morgan fingerprint density at radius 1 is 1.15 bits per heavy atom. The number of piperidine rings is 1. The van der Waals surface area contributed by atoms with Crippen LogP contribution in [0.3, 0.4) is 0 Å². The molecule has 0 atom stereocenters. The zero-order chi connectivity index (χ0) is 18.9. The molecule has 2 aliphatic rings. The third-order valence-corrected chi connectivity index (χ3v) is 5.42. The molecule has 0 bridgehead atoms. The number of nitrogens with one attached hydrogen (secondary N) is 2. The summed E-state index contributed by atoms with van der Waals surface area (Å²) < 4.78 is 5.47. The molecule has 1 spiro atoms. The summed E-state index contributed by atoms with van der Waals surface area (Å²) in [7, 11) is 0. The minimum absolute atomic E-state index is 0.0594. The Morgan fingerprint density at radius 2 is 1.89 bits per heavy atom. The molecule has 1 fully saturated rings. The molecular weight excluding hydrogens is 342 g/mol. The van der Waals surface area contributed by atoms with Crippen molar-refractivity contribution >= 4 is 17.3 Å². The Hall–Kier alpha value is -2.73. The molecule has 3 N–H and O–H groups in total. The summed E-state index contributed by atoms with van der Waals surface area (Å²) in [6, 6.07) is 13.3. The van der Waals surface area contributed by atoms with E-state index in [-0.39, 0.29) is 11.7 Å². The third kappa shape index (κ3) is 3.45. The zero-order valence-electron chi connectivity index (χ0n) is 15.5. The van der Waals surface area contributed by atoms with Crippen molar-refractivity contribution in [3.8, 4) is 11.5 Å². The van der Waals surface area contributed by atoms with Crippen molar-refractivity contribution in [2.24, 2.45) is 0 Å². The number of fused-ring (bicyclic) bond motifs is 1. The number of nitrogens with zero attached hydrogens (tertiary/aromatic N) is 1. The lowest BCUT2D eigenvalue weighted by Gasteiger charge is -2.44. The van der Waals surface area contributed by atoms with Gasteiger partial charge in [-0.15, -0.1) is 0 Å². The van der Waals surface area contributed by atoms with E-state index in [1.807, 2.05) is 43.3 Å². The summed E-state index contributed by atoms with van der Waals surface area (Å²) >= 11 is 0. The normalized spacial score (nSPS) is 18.5. The summed E-state index contributed by atoms with van der Waals surface area (Å²) in [6.07, 6.45) is 1.51. The minimum Gasteiger partial charge on any atom is -0.504 e.